The molecule has 0 spiro atoms. The third-order valence-electron chi connectivity index (χ3n) is 5.77. The lowest BCUT2D eigenvalue weighted by Gasteiger charge is -2.13. The van der Waals surface area contributed by atoms with Crippen molar-refractivity contribution in [3.63, 3.8) is 0 Å². The van der Waals surface area contributed by atoms with Gasteiger partial charge in [0.1, 0.15) is 17.3 Å². The quantitative estimate of drug-likeness (QED) is 0.197. The maximum atomic E-state index is 13.5. The minimum absolute atomic E-state index is 0.00334. The maximum Gasteiger partial charge on any atom is 0.262 e. The van der Waals surface area contributed by atoms with Gasteiger partial charge >= 0.3 is 0 Å². The van der Waals surface area contributed by atoms with Crippen LogP contribution in [0.25, 0.3) is 10.9 Å². The molecule has 5 rings (SSSR count). The number of thioether (sulfide) groups is 1. The van der Waals surface area contributed by atoms with Gasteiger partial charge in [-0.15, -0.1) is 0 Å². The van der Waals surface area contributed by atoms with E-state index < -0.39 is 0 Å². The summed E-state index contributed by atoms with van der Waals surface area (Å²) in [5, 5.41) is 6.26. The smallest absolute Gasteiger partial charge is 0.262 e. The second-order valence-corrected chi connectivity index (χ2v) is 9.37. The van der Waals surface area contributed by atoms with Gasteiger partial charge < -0.3 is 24.2 Å². The van der Waals surface area contributed by atoms with Gasteiger partial charge in [-0.3, -0.25) is 19.0 Å². The van der Waals surface area contributed by atoms with Gasteiger partial charge in [-0.05, 0) is 54.6 Å². The normalized spacial score (nSPS) is 10.9. The van der Waals surface area contributed by atoms with Crippen molar-refractivity contribution in [2.75, 3.05) is 18.2 Å². The van der Waals surface area contributed by atoms with Crippen molar-refractivity contribution < 1.29 is 23.2 Å². The van der Waals surface area contributed by atoms with Crippen LogP contribution in [0, 0.1) is 0 Å². The van der Waals surface area contributed by atoms with Crippen LogP contribution in [0.1, 0.15) is 21.9 Å². The van der Waals surface area contributed by atoms with Gasteiger partial charge in [0.25, 0.3) is 11.5 Å². The highest BCUT2D eigenvalue weighted by Gasteiger charge is 2.17. The summed E-state index contributed by atoms with van der Waals surface area (Å²) in [6.45, 7) is 0.367. The summed E-state index contributed by atoms with van der Waals surface area (Å²) in [4.78, 5) is 43.6. The van der Waals surface area contributed by atoms with Crippen molar-refractivity contribution in [3.8, 4) is 5.75 Å². The van der Waals surface area contributed by atoms with E-state index in [-0.39, 0.29) is 36.2 Å². The highest BCUT2D eigenvalue weighted by atomic mass is 32.2. The molecule has 0 unspecified atom stereocenters. The van der Waals surface area contributed by atoms with Crippen molar-refractivity contribution >= 4 is 40.2 Å². The number of carbonyl (C=O) groups excluding carboxylic acids is 2. The molecule has 3 aromatic heterocycles. The maximum absolute atomic E-state index is 13.5. The lowest BCUT2D eigenvalue weighted by atomic mass is 10.1. The third-order valence-corrected chi connectivity index (χ3v) is 6.74. The summed E-state index contributed by atoms with van der Waals surface area (Å²) in [5.41, 5.74) is 0.966. The lowest BCUT2D eigenvalue weighted by molar-refractivity contribution is -0.113. The molecule has 39 heavy (non-hydrogen) atoms. The van der Waals surface area contributed by atoms with Crippen LogP contribution < -0.4 is 20.9 Å². The number of aromatic nitrogens is 2. The van der Waals surface area contributed by atoms with Crippen LogP contribution in [0.15, 0.2) is 98.0 Å². The number of hydrogen-bond donors (Lipinski definition) is 2. The number of rotatable bonds is 10. The van der Waals surface area contributed by atoms with E-state index in [1.54, 1.807) is 73.8 Å². The number of anilines is 1. The summed E-state index contributed by atoms with van der Waals surface area (Å²) in [7, 11) is 1.55. The Morgan fingerprint density at radius 3 is 2.54 bits per heavy atom. The molecular formula is C28H24N4O6S. The first-order valence-corrected chi connectivity index (χ1v) is 12.9. The van der Waals surface area contributed by atoms with Crippen molar-refractivity contribution in [2.45, 2.75) is 18.2 Å². The molecule has 0 atom stereocenters. The summed E-state index contributed by atoms with van der Waals surface area (Å²) >= 11 is 1.11. The lowest BCUT2D eigenvalue weighted by Crippen LogP contribution is -2.26. The molecule has 10 nitrogen and oxygen atoms in total. The molecule has 0 fully saturated rings. The minimum Gasteiger partial charge on any atom is -0.497 e. The van der Waals surface area contributed by atoms with E-state index in [0.29, 0.717) is 44.6 Å². The van der Waals surface area contributed by atoms with E-state index >= 15 is 0 Å². The topological polar surface area (TPSA) is 129 Å². The van der Waals surface area contributed by atoms with Crippen LogP contribution in [0.3, 0.4) is 0 Å². The molecule has 198 valence electrons. The molecule has 0 aliphatic carbocycles. The fourth-order valence-electron chi connectivity index (χ4n) is 3.86. The van der Waals surface area contributed by atoms with E-state index in [1.165, 1.54) is 17.1 Å². The number of hydrogen-bond acceptors (Lipinski definition) is 8. The van der Waals surface area contributed by atoms with E-state index in [4.69, 9.17) is 13.6 Å². The molecule has 0 radical (unpaired) electrons. The Hall–Kier alpha value is -4.77. The molecule has 2 amide bonds. The van der Waals surface area contributed by atoms with E-state index in [9.17, 15) is 14.4 Å². The van der Waals surface area contributed by atoms with Gasteiger partial charge in [0.05, 0.1) is 49.4 Å². The van der Waals surface area contributed by atoms with Crippen molar-refractivity contribution in [3.05, 3.63) is 107 Å². The number of ether oxygens (including phenoxy) is 1. The number of fused-ring (bicyclic) bond motifs is 1. The van der Waals surface area contributed by atoms with Gasteiger partial charge in [-0.2, -0.15) is 0 Å². The van der Waals surface area contributed by atoms with Crippen LogP contribution in [0.4, 0.5) is 5.69 Å². The fraction of sp³-hybridized carbons (Fsp3) is 0.143. The number of furan rings is 2. The molecule has 3 heterocycles. The Kier molecular flexibility index (Phi) is 7.78. The standard InChI is InChI=1S/C28H24N4O6S/c1-36-20-6-2-5-19(14-20)30-25(33)17-39-28-31-24-13-18(26(34)29-15-21-7-3-11-37-21)9-10-23(24)27(35)32(28)16-22-8-4-12-38-22/h2-14H,15-17H2,1H3,(H,29,34)(H,30,33). The summed E-state index contributed by atoms with van der Waals surface area (Å²) in [5.74, 6) is 1.19. The monoisotopic (exact) mass is 544 g/mol. The molecule has 0 aliphatic heterocycles. The first-order valence-electron chi connectivity index (χ1n) is 11.9. The number of benzene rings is 2. The van der Waals surface area contributed by atoms with Crippen molar-refractivity contribution in [1.29, 1.82) is 0 Å². The van der Waals surface area contributed by atoms with Crippen LogP contribution in [-0.4, -0.2) is 34.2 Å². The van der Waals surface area contributed by atoms with Crippen molar-refractivity contribution in [2.24, 2.45) is 0 Å². The summed E-state index contributed by atoms with van der Waals surface area (Å²) in [6.07, 6.45) is 3.06. The SMILES string of the molecule is COc1cccc(NC(=O)CSc2nc3cc(C(=O)NCc4ccco4)ccc3c(=O)n2Cc2ccco2)c1. The number of carbonyl (C=O) groups is 2. The summed E-state index contributed by atoms with van der Waals surface area (Å²) < 4.78 is 17.4. The van der Waals surface area contributed by atoms with Crippen LogP contribution in [0.2, 0.25) is 0 Å². The molecule has 0 saturated carbocycles. The van der Waals surface area contributed by atoms with Gasteiger partial charge in [0.2, 0.25) is 5.91 Å². The van der Waals surface area contributed by atoms with Crippen LogP contribution in [0.5, 0.6) is 5.75 Å². The second kappa shape index (κ2) is 11.7. The van der Waals surface area contributed by atoms with Crippen LogP contribution >= 0.6 is 11.8 Å². The highest BCUT2D eigenvalue weighted by molar-refractivity contribution is 7.99. The Bertz CT molecular complexity index is 1660. The average molecular weight is 545 g/mol. The number of amides is 2. The van der Waals surface area contributed by atoms with E-state index in [1.807, 2.05) is 0 Å². The fourth-order valence-corrected chi connectivity index (χ4v) is 4.66. The number of methoxy groups -OCH3 is 1. The molecule has 5 aromatic rings. The molecule has 2 N–H and O–H groups in total. The minimum atomic E-state index is -0.332. The number of nitrogens with one attached hydrogen (secondary N) is 2. The molecule has 11 heteroatoms. The van der Waals surface area contributed by atoms with E-state index in [2.05, 4.69) is 15.6 Å². The third kappa shape index (κ3) is 6.21. The number of nitrogens with zero attached hydrogens (tertiary/aromatic N) is 2. The zero-order valence-electron chi connectivity index (χ0n) is 20.9. The van der Waals surface area contributed by atoms with Gasteiger partial charge in [-0.25, -0.2) is 4.98 Å². The molecule has 2 aromatic carbocycles. The average Bonchev–Trinajstić information content (AvgIpc) is 3.67. The Morgan fingerprint density at radius 2 is 1.79 bits per heavy atom. The second-order valence-electron chi connectivity index (χ2n) is 8.43. The largest absolute Gasteiger partial charge is 0.497 e. The van der Waals surface area contributed by atoms with Gasteiger partial charge in [-0.1, -0.05) is 17.8 Å². The Balaban J connectivity index is 1.40. The summed E-state index contributed by atoms with van der Waals surface area (Å²) in [6, 6.07) is 18.7. The first kappa shape index (κ1) is 25.9. The van der Waals surface area contributed by atoms with Gasteiger partial charge in [0.15, 0.2) is 5.16 Å². The zero-order valence-corrected chi connectivity index (χ0v) is 21.7. The molecule has 0 aliphatic rings. The Labute approximate surface area is 227 Å². The molecule has 0 bridgehead atoms. The highest BCUT2D eigenvalue weighted by Crippen LogP contribution is 2.22. The Morgan fingerprint density at radius 1 is 1.00 bits per heavy atom. The predicted octanol–water partition coefficient (Wildman–Crippen LogP) is 4.30. The zero-order chi connectivity index (χ0) is 27.2. The van der Waals surface area contributed by atoms with Crippen LogP contribution in [-0.2, 0) is 17.9 Å². The molecule has 0 saturated heterocycles. The van der Waals surface area contributed by atoms with Gasteiger partial charge in [0, 0.05) is 17.3 Å². The molecular weight excluding hydrogens is 520 g/mol. The van der Waals surface area contributed by atoms with Crippen molar-refractivity contribution in [1.82, 2.24) is 14.9 Å². The van der Waals surface area contributed by atoms with E-state index in [0.717, 1.165) is 11.8 Å². The first-order chi connectivity index (χ1) is 19.0. The predicted molar refractivity (Wildman–Crippen MR) is 146 cm³/mol.